The number of anilines is 1. The summed E-state index contributed by atoms with van der Waals surface area (Å²) in [4.78, 5) is 25.8. The Kier molecular flexibility index (Phi) is 5.73. The molecule has 0 radical (unpaired) electrons. The number of ether oxygens (including phenoxy) is 2. The zero-order valence-corrected chi connectivity index (χ0v) is 14.7. The third-order valence-corrected chi connectivity index (χ3v) is 3.60. The Balaban J connectivity index is 1.71. The largest absolute Gasteiger partial charge is 0.490 e. The molecule has 0 atom stereocenters. The first-order valence-electron chi connectivity index (χ1n) is 8.28. The molecule has 2 N–H and O–H groups in total. The highest BCUT2D eigenvalue weighted by molar-refractivity contribution is 6.02. The smallest absolute Gasteiger partial charge is 0.417 e. The molecule has 0 spiro atoms. The molecule has 0 aliphatic heterocycles. The molecular formula is C19H16F2N2O5. The van der Waals surface area contributed by atoms with E-state index < -0.39 is 18.3 Å². The molecule has 146 valence electrons. The first-order chi connectivity index (χ1) is 13.4. The van der Waals surface area contributed by atoms with E-state index in [4.69, 9.17) is 9.15 Å². The van der Waals surface area contributed by atoms with E-state index in [0.717, 1.165) is 0 Å². The lowest BCUT2D eigenvalue weighted by atomic mass is 10.2. The molecule has 0 saturated heterocycles. The van der Waals surface area contributed by atoms with Gasteiger partial charge in [0.15, 0.2) is 17.1 Å². The number of hydrogen-bond acceptors (Lipinski definition) is 5. The molecule has 1 amide bonds. The number of aromatic nitrogens is 1. The van der Waals surface area contributed by atoms with Gasteiger partial charge in [0, 0.05) is 11.8 Å². The number of alkyl halides is 2. The lowest BCUT2D eigenvalue weighted by Gasteiger charge is -2.11. The number of carbonyl (C=O) groups is 1. The van der Waals surface area contributed by atoms with Crippen LogP contribution in [-0.2, 0) is 4.79 Å². The van der Waals surface area contributed by atoms with Crippen LogP contribution in [0.25, 0.3) is 17.2 Å². The second kappa shape index (κ2) is 8.38. The van der Waals surface area contributed by atoms with E-state index in [1.54, 1.807) is 25.1 Å². The second-order valence-corrected chi connectivity index (χ2v) is 5.57. The first kappa shape index (κ1) is 19.2. The minimum absolute atomic E-state index is 0.0825. The molecule has 0 saturated carbocycles. The molecular weight excluding hydrogens is 374 g/mol. The minimum atomic E-state index is -2.96. The number of carbonyl (C=O) groups excluding carboxylic acids is 1. The number of rotatable bonds is 7. The molecule has 1 aromatic heterocycles. The average molecular weight is 390 g/mol. The minimum Gasteiger partial charge on any atom is -0.490 e. The SMILES string of the molecule is CCOc1cc(/C=C/C(=O)Nc2ccc3oc(=O)[nH]c3c2)ccc1OC(F)F. The molecule has 1 heterocycles. The number of H-pyrrole nitrogens is 1. The quantitative estimate of drug-likeness (QED) is 0.599. The molecule has 9 heteroatoms. The van der Waals surface area contributed by atoms with Crippen LogP contribution in [0.5, 0.6) is 11.5 Å². The molecule has 0 aliphatic carbocycles. The lowest BCUT2D eigenvalue weighted by Crippen LogP contribution is -2.07. The number of halogens is 2. The first-order valence-corrected chi connectivity index (χ1v) is 8.28. The Hall–Kier alpha value is -3.62. The van der Waals surface area contributed by atoms with Crippen molar-refractivity contribution < 1.29 is 27.5 Å². The van der Waals surface area contributed by atoms with E-state index in [9.17, 15) is 18.4 Å². The second-order valence-electron chi connectivity index (χ2n) is 5.57. The van der Waals surface area contributed by atoms with Crippen LogP contribution in [0.1, 0.15) is 12.5 Å². The van der Waals surface area contributed by atoms with Crippen LogP contribution in [0, 0.1) is 0 Å². The fourth-order valence-electron chi connectivity index (χ4n) is 2.48. The van der Waals surface area contributed by atoms with Crippen LogP contribution in [0.2, 0.25) is 0 Å². The molecule has 0 unspecified atom stereocenters. The maximum atomic E-state index is 12.4. The Morgan fingerprint density at radius 3 is 2.82 bits per heavy atom. The van der Waals surface area contributed by atoms with Gasteiger partial charge in [-0.3, -0.25) is 9.78 Å². The highest BCUT2D eigenvalue weighted by Gasteiger charge is 2.11. The number of benzene rings is 2. The highest BCUT2D eigenvalue weighted by Crippen LogP contribution is 2.30. The summed E-state index contributed by atoms with van der Waals surface area (Å²) in [5.41, 5.74) is 1.88. The predicted molar refractivity (Wildman–Crippen MR) is 98.7 cm³/mol. The Morgan fingerprint density at radius 1 is 1.25 bits per heavy atom. The standard InChI is InChI=1S/C19H16F2N2O5/c1-2-26-16-9-11(3-6-15(16)27-18(20)21)4-8-17(24)22-12-5-7-14-13(10-12)23-19(25)28-14/h3-10,18H,2H2,1H3,(H,22,24)(H,23,25)/b8-4+. The summed E-state index contributed by atoms with van der Waals surface area (Å²) in [6, 6.07) is 9.07. The number of amides is 1. The van der Waals surface area contributed by atoms with Crippen molar-refractivity contribution in [2.45, 2.75) is 13.5 Å². The van der Waals surface area contributed by atoms with Crippen molar-refractivity contribution in [3.8, 4) is 11.5 Å². The van der Waals surface area contributed by atoms with E-state index >= 15 is 0 Å². The van der Waals surface area contributed by atoms with Gasteiger partial charge < -0.3 is 19.2 Å². The molecule has 28 heavy (non-hydrogen) atoms. The summed E-state index contributed by atoms with van der Waals surface area (Å²) in [5.74, 6) is -0.931. The zero-order valence-electron chi connectivity index (χ0n) is 14.7. The van der Waals surface area contributed by atoms with E-state index in [1.165, 1.54) is 30.4 Å². The van der Waals surface area contributed by atoms with E-state index in [-0.39, 0.29) is 18.1 Å². The summed E-state index contributed by atoms with van der Waals surface area (Å²) in [5, 5.41) is 2.65. The Morgan fingerprint density at radius 2 is 2.07 bits per heavy atom. The number of fused-ring (bicyclic) bond motifs is 1. The van der Waals surface area contributed by atoms with Gasteiger partial charge in [0.25, 0.3) is 0 Å². The number of nitrogens with one attached hydrogen (secondary N) is 2. The average Bonchev–Trinajstić information content (AvgIpc) is 3.01. The van der Waals surface area contributed by atoms with Crippen molar-refractivity contribution in [1.82, 2.24) is 4.98 Å². The maximum absolute atomic E-state index is 12.4. The summed E-state index contributed by atoms with van der Waals surface area (Å²) < 4.78 is 39.4. The third-order valence-electron chi connectivity index (χ3n) is 3.60. The maximum Gasteiger partial charge on any atom is 0.417 e. The van der Waals surface area contributed by atoms with Gasteiger partial charge in [-0.25, -0.2) is 4.79 Å². The lowest BCUT2D eigenvalue weighted by molar-refractivity contribution is -0.111. The van der Waals surface area contributed by atoms with Crippen LogP contribution >= 0.6 is 0 Å². The zero-order chi connectivity index (χ0) is 20.1. The van der Waals surface area contributed by atoms with Gasteiger partial charge >= 0.3 is 12.4 Å². The number of aromatic amines is 1. The molecule has 3 rings (SSSR count). The van der Waals surface area contributed by atoms with E-state index in [0.29, 0.717) is 22.4 Å². The van der Waals surface area contributed by atoms with Gasteiger partial charge in [-0.1, -0.05) is 6.07 Å². The summed E-state index contributed by atoms with van der Waals surface area (Å²) in [6.45, 7) is -0.980. The van der Waals surface area contributed by atoms with Gasteiger partial charge in [-0.2, -0.15) is 8.78 Å². The Bertz CT molecular complexity index is 1070. The van der Waals surface area contributed by atoms with Crippen molar-refractivity contribution in [2.75, 3.05) is 11.9 Å². The molecule has 7 nitrogen and oxygen atoms in total. The molecule has 0 fully saturated rings. The summed E-state index contributed by atoms with van der Waals surface area (Å²) in [6.07, 6.45) is 2.78. The summed E-state index contributed by atoms with van der Waals surface area (Å²) in [7, 11) is 0. The molecule has 0 bridgehead atoms. The number of oxazole rings is 1. The topological polar surface area (TPSA) is 93.6 Å². The van der Waals surface area contributed by atoms with Crippen molar-refractivity contribution in [1.29, 1.82) is 0 Å². The van der Waals surface area contributed by atoms with Crippen LogP contribution < -0.4 is 20.5 Å². The molecule has 0 aliphatic rings. The normalized spacial score (nSPS) is 11.3. The van der Waals surface area contributed by atoms with Gasteiger partial charge in [0.1, 0.15) is 0 Å². The van der Waals surface area contributed by atoms with Crippen LogP contribution in [0.3, 0.4) is 0 Å². The molecule has 2 aromatic carbocycles. The van der Waals surface area contributed by atoms with E-state index in [1.807, 2.05) is 0 Å². The fraction of sp³-hybridized carbons (Fsp3) is 0.158. The van der Waals surface area contributed by atoms with Crippen molar-refractivity contribution in [3.63, 3.8) is 0 Å². The van der Waals surface area contributed by atoms with Gasteiger partial charge in [-0.15, -0.1) is 0 Å². The predicted octanol–water partition coefficient (Wildman–Crippen LogP) is 3.77. The van der Waals surface area contributed by atoms with Crippen molar-refractivity contribution in [2.24, 2.45) is 0 Å². The van der Waals surface area contributed by atoms with Crippen molar-refractivity contribution >= 4 is 28.8 Å². The van der Waals surface area contributed by atoms with Crippen LogP contribution in [-0.4, -0.2) is 24.1 Å². The van der Waals surface area contributed by atoms with Crippen LogP contribution in [0.4, 0.5) is 14.5 Å². The van der Waals surface area contributed by atoms with Gasteiger partial charge in [0.2, 0.25) is 5.91 Å². The van der Waals surface area contributed by atoms with E-state index in [2.05, 4.69) is 15.0 Å². The van der Waals surface area contributed by atoms with Crippen LogP contribution in [0.15, 0.2) is 51.7 Å². The van der Waals surface area contributed by atoms with Gasteiger partial charge in [0.05, 0.1) is 12.1 Å². The third kappa shape index (κ3) is 4.76. The van der Waals surface area contributed by atoms with Gasteiger partial charge in [-0.05, 0) is 48.9 Å². The summed E-state index contributed by atoms with van der Waals surface area (Å²) >= 11 is 0. The Labute approximate surface area is 157 Å². The fourth-order valence-corrected chi connectivity index (χ4v) is 2.48. The number of hydrogen-bond donors (Lipinski definition) is 2. The monoisotopic (exact) mass is 390 g/mol. The van der Waals surface area contributed by atoms with Crippen molar-refractivity contribution in [3.05, 3.63) is 58.6 Å². The highest BCUT2D eigenvalue weighted by atomic mass is 19.3. The molecule has 3 aromatic rings.